The average molecular weight is 381 g/mol. The van der Waals surface area contributed by atoms with Gasteiger partial charge in [-0.2, -0.15) is 0 Å². The first-order chi connectivity index (χ1) is 13.7. The molecule has 144 valence electrons. The van der Waals surface area contributed by atoms with E-state index in [0.29, 0.717) is 42.6 Å². The first kappa shape index (κ1) is 19.2. The quantitative estimate of drug-likeness (QED) is 0.261. The molecule has 7 heteroatoms. The lowest BCUT2D eigenvalue weighted by atomic mass is 10.3. The van der Waals surface area contributed by atoms with Gasteiger partial charge in [-0.1, -0.05) is 23.4 Å². The molecule has 0 aliphatic carbocycles. The number of aromatic nitrogens is 1. The zero-order chi connectivity index (χ0) is 19.6. The number of nitrogens with two attached hydrogens (primary N) is 1. The summed E-state index contributed by atoms with van der Waals surface area (Å²) in [4.78, 5) is 9.40. The number of hydrogen-bond donors (Lipinski definition) is 1. The maximum atomic E-state index is 12.8. The van der Waals surface area contributed by atoms with E-state index in [4.69, 9.17) is 20.0 Å². The topological polar surface area (TPSA) is 79.0 Å². The molecule has 2 N–H and O–H groups in total. The second-order valence-corrected chi connectivity index (χ2v) is 5.77. The molecule has 0 fully saturated rings. The van der Waals surface area contributed by atoms with Crippen LogP contribution in [0, 0.1) is 5.82 Å². The Hall–Kier alpha value is -3.61. The first-order valence-electron chi connectivity index (χ1n) is 8.74. The number of hydrogen-bond acceptors (Lipinski definition) is 5. The number of para-hydroxylation sites is 1. The number of rotatable bonds is 9. The Morgan fingerprint density at radius 2 is 1.71 bits per heavy atom. The van der Waals surface area contributed by atoms with Gasteiger partial charge >= 0.3 is 0 Å². The molecule has 0 spiro atoms. The Morgan fingerprint density at radius 3 is 2.43 bits per heavy atom. The van der Waals surface area contributed by atoms with E-state index in [0.717, 1.165) is 0 Å². The standard InChI is InChI=1S/C21H20FN3O3/c22-17-8-10-18(11-9-17)26-13-4-14-27-25-21(23)16-7-12-20(24-15-16)28-19-5-2-1-3-6-19/h1-3,5-12,15H,4,13-14H2,(H2,23,25). The van der Waals surface area contributed by atoms with E-state index in [1.54, 1.807) is 30.5 Å². The molecule has 28 heavy (non-hydrogen) atoms. The molecular formula is C21H20FN3O3. The Bertz CT molecular complexity index is 885. The molecule has 0 aliphatic heterocycles. The molecule has 1 heterocycles. The number of benzene rings is 2. The highest BCUT2D eigenvalue weighted by atomic mass is 19.1. The fourth-order valence-electron chi connectivity index (χ4n) is 2.21. The Morgan fingerprint density at radius 1 is 0.929 bits per heavy atom. The fraction of sp³-hybridized carbons (Fsp3) is 0.143. The average Bonchev–Trinajstić information content (AvgIpc) is 2.73. The Labute approximate surface area is 162 Å². The fourth-order valence-corrected chi connectivity index (χ4v) is 2.21. The molecule has 0 radical (unpaired) electrons. The molecule has 0 saturated carbocycles. The van der Waals surface area contributed by atoms with Crippen molar-refractivity contribution in [3.63, 3.8) is 0 Å². The second-order valence-electron chi connectivity index (χ2n) is 5.77. The molecule has 0 bridgehead atoms. The second kappa shape index (κ2) is 9.91. The van der Waals surface area contributed by atoms with E-state index >= 15 is 0 Å². The number of amidine groups is 1. The van der Waals surface area contributed by atoms with Crippen LogP contribution in [0.15, 0.2) is 78.1 Å². The van der Waals surface area contributed by atoms with Crippen LogP contribution in [-0.4, -0.2) is 24.0 Å². The van der Waals surface area contributed by atoms with E-state index in [9.17, 15) is 4.39 Å². The lowest BCUT2D eigenvalue weighted by Crippen LogP contribution is -2.14. The van der Waals surface area contributed by atoms with Gasteiger partial charge in [0.05, 0.1) is 6.61 Å². The molecule has 0 saturated heterocycles. The minimum Gasteiger partial charge on any atom is -0.493 e. The summed E-state index contributed by atoms with van der Waals surface area (Å²) in [6.07, 6.45) is 2.17. The Balaban J connectivity index is 1.40. The summed E-state index contributed by atoms with van der Waals surface area (Å²) in [7, 11) is 0. The van der Waals surface area contributed by atoms with E-state index in [1.807, 2.05) is 30.3 Å². The van der Waals surface area contributed by atoms with Crippen molar-refractivity contribution < 1.29 is 18.7 Å². The summed E-state index contributed by atoms with van der Waals surface area (Å²) in [5, 5.41) is 3.87. The van der Waals surface area contributed by atoms with Crippen molar-refractivity contribution >= 4 is 5.84 Å². The third-order valence-corrected chi connectivity index (χ3v) is 3.62. The lowest BCUT2D eigenvalue weighted by Gasteiger charge is -2.06. The SMILES string of the molecule is N/C(=N/OCCCOc1ccc(F)cc1)c1ccc(Oc2ccccc2)nc1. The van der Waals surface area contributed by atoms with Gasteiger partial charge < -0.3 is 20.0 Å². The number of ether oxygens (including phenoxy) is 2. The van der Waals surface area contributed by atoms with E-state index in [1.165, 1.54) is 12.1 Å². The zero-order valence-corrected chi connectivity index (χ0v) is 15.1. The lowest BCUT2D eigenvalue weighted by molar-refractivity contribution is 0.127. The van der Waals surface area contributed by atoms with E-state index in [2.05, 4.69) is 10.1 Å². The van der Waals surface area contributed by atoms with Gasteiger partial charge in [0.15, 0.2) is 5.84 Å². The van der Waals surface area contributed by atoms with Crippen LogP contribution < -0.4 is 15.2 Å². The highest BCUT2D eigenvalue weighted by Gasteiger charge is 2.03. The molecule has 0 aliphatic rings. The summed E-state index contributed by atoms with van der Waals surface area (Å²) in [6, 6.07) is 18.7. The van der Waals surface area contributed by atoms with Crippen molar-refractivity contribution in [1.29, 1.82) is 0 Å². The van der Waals surface area contributed by atoms with Gasteiger partial charge in [0.1, 0.15) is 23.9 Å². The smallest absolute Gasteiger partial charge is 0.219 e. The molecule has 2 aromatic carbocycles. The van der Waals surface area contributed by atoms with Crippen LogP contribution in [-0.2, 0) is 4.84 Å². The number of nitrogens with zero attached hydrogens (tertiary/aromatic N) is 2. The molecule has 3 rings (SSSR count). The van der Waals surface area contributed by atoms with Crippen molar-refractivity contribution in [1.82, 2.24) is 4.98 Å². The minimum atomic E-state index is -0.297. The van der Waals surface area contributed by atoms with Gasteiger partial charge in [-0.25, -0.2) is 9.37 Å². The van der Waals surface area contributed by atoms with Crippen molar-refractivity contribution in [2.75, 3.05) is 13.2 Å². The summed E-state index contributed by atoms with van der Waals surface area (Å²) < 4.78 is 23.9. The highest BCUT2D eigenvalue weighted by Crippen LogP contribution is 2.18. The number of halogens is 1. The number of pyridine rings is 1. The van der Waals surface area contributed by atoms with Crippen LogP contribution >= 0.6 is 0 Å². The third kappa shape index (κ3) is 5.98. The predicted octanol–water partition coefficient (Wildman–Crippen LogP) is 4.12. The van der Waals surface area contributed by atoms with Gasteiger partial charge in [-0.05, 0) is 42.5 Å². The summed E-state index contributed by atoms with van der Waals surface area (Å²) in [6.45, 7) is 0.763. The molecular weight excluding hydrogens is 361 g/mol. The summed E-state index contributed by atoms with van der Waals surface area (Å²) in [5.41, 5.74) is 6.52. The van der Waals surface area contributed by atoms with Crippen LogP contribution in [0.4, 0.5) is 4.39 Å². The summed E-state index contributed by atoms with van der Waals surface area (Å²) in [5.74, 6) is 1.69. The predicted molar refractivity (Wildman–Crippen MR) is 104 cm³/mol. The molecule has 0 atom stereocenters. The van der Waals surface area contributed by atoms with Gasteiger partial charge in [0.2, 0.25) is 5.88 Å². The van der Waals surface area contributed by atoms with Crippen molar-refractivity contribution in [3.8, 4) is 17.4 Å². The molecule has 1 aromatic heterocycles. The highest BCUT2D eigenvalue weighted by molar-refractivity contribution is 5.96. The largest absolute Gasteiger partial charge is 0.493 e. The van der Waals surface area contributed by atoms with Gasteiger partial charge in [-0.3, -0.25) is 0 Å². The van der Waals surface area contributed by atoms with Crippen LogP contribution in [0.3, 0.4) is 0 Å². The van der Waals surface area contributed by atoms with Gasteiger partial charge in [0, 0.05) is 24.2 Å². The zero-order valence-electron chi connectivity index (χ0n) is 15.1. The first-order valence-corrected chi connectivity index (χ1v) is 8.74. The summed E-state index contributed by atoms with van der Waals surface area (Å²) >= 11 is 0. The van der Waals surface area contributed by atoms with Crippen molar-refractivity contribution in [3.05, 3.63) is 84.3 Å². The van der Waals surface area contributed by atoms with Crippen molar-refractivity contribution in [2.45, 2.75) is 6.42 Å². The molecule has 0 unspecified atom stereocenters. The molecule has 0 amide bonds. The maximum Gasteiger partial charge on any atom is 0.219 e. The monoisotopic (exact) mass is 381 g/mol. The van der Waals surface area contributed by atoms with Crippen LogP contribution in [0.25, 0.3) is 0 Å². The maximum absolute atomic E-state index is 12.8. The van der Waals surface area contributed by atoms with Crippen LogP contribution in [0.5, 0.6) is 17.4 Å². The Kier molecular flexibility index (Phi) is 6.78. The molecule has 6 nitrogen and oxygen atoms in total. The van der Waals surface area contributed by atoms with E-state index in [-0.39, 0.29) is 11.7 Å². The minimum absolute atomic E-state index is 0.221. The van der Waals surface area contributed by atoms with E-state index < -0.39 is 0 Å². The number of oxime groups is 1. The third-order valence-electron chi connectivity index (χ3n) is 3.62. The van der Waals surface area contributed by atoms with Gasteiger partial charge in [-0.15, -0.1) is 0 Å². The van der Waals surface area contributed by atoms with Gasteiger partial charge in [0.25, 0.3) is 0 Å². The molecule has 3 aromatic rings. The van der Waals surface area contributed by atoms with Crippen molar-refractivity contribution in [2.24, 2.45) is 10.9 Å². The van der Waals surface area contributed by atoms with Crippen LogP contribution in [0.2, 0.25) is 0 Å². The normalized spacial score (nSPS) is 11.1. The van der Waals surface area contributed by atoms with Crippen LogP contribution in [0.1, 0.15) is 12.0 Å².